The standard InChI is InChI=1S/C13H9.C9H6Br.2ClH.S.Zr/c1-3-7-12-10(5-1)9-11-6-2-4-8-13(11)12;10-9-6-2-4-7-3-1-5-8(7)9;;;;/h1-5,7-8H,9H2;1-3,6H,5H2;2*1H;;/q;;;;;+2/p-2. The van der Waals surface area contributed by atoms with Gasteiger partial charge in [-0.2, -0.15) is 0 Å². The number of allylic oxidation sites excluding steroid dienone is 1. The van der Waals surface area contributed by atoms with Crippen LogP contribution >= 0.6 is 24.8 Å². The van der Waals surface area contributed by atoms with Gasteiger partial charge in [-0.05, 0) is 0 Å². The summed E-state index contributed by atoms with van der Waals surface area (Å²) in [5.74, 6) is 0. The predicted octanol–water partition coefficient (Wildman–Crippen LogP) is -0.721. The molecular formula is C22H15BrCl2SZr. The Bertz CT molecular complexity index is 1090. The zero-order valence-electron chi connectivity index (χ0n) is 14.3. The summed E-state index contributed by atoms with van der Waals surface area (Å²) in [6.07, 6.45) is 6.60. The van der Waals surface area contributed by atoms with Crippen LogP contribution in [0.5, 0.6) is 0 Å². The van der Waals surface area contributed by atoms with Gasteiger partial charge in [-0.15, -0.1) is 0 Å². The van der Waals surface area contributed by atoms with Gasteiger partial charge >= 0.3 is 168 Å². The van der Waals surface area contributed by atoms with Crippen LogP contribution in [0.2, 0.25) is 0 Å². The summed E-state index contributed by atoms with van der Waals surface area (Å²) in [6.45, 7) is 0. The van der Waals surface area contributed by atoms with Crippen LogP contribution in [0.15, 0.2) is 65.1 Å². The van der Waals surface area contributed by atoms with Crippen molar-refractivity contribution in [2.45, 2.75) is 12.8 Å². The molecule has 0 bridgehead atoms. The molecule has 0 heterocycles. The number of rotatable bonds is 2. The van der Waals surface area contributed by atoms with Crippen LogP contribution in [0.4, 0.5) is 0 Å². The van der Waals surface area contributed by atoms with E-state index in [0.29, 0.717) is 0 Å². The van der Waals surface area contributed by atoms with Gasteiger partial charge in [-0.1, -0.05) is 0 Å². The fourth-order valence-corrected chi connectivity index (χ4v) is 11.0. The number of fused-ring (bicyclic) bond motifs is 4. The Kier molecular flexibility index (Phi) is 6.71. The fraction of sp³-hybridized carbons (Fsp3) is 0.0909. The van der Waals surface area contributed by atoms with Crippen molar-refractivity contribution in [2.24, 2.45) is 0 Å². The number of benzene rings is 3. The predicted molar refractivity (Wildman–Crippen MR) is 108 cm³/mol. The van der Waals surface area contributed by atoms with Gasteiger partial charge in [0.25, 0.3) is 0 Å². The molecule has 0 saturated carbocycles. The fourth-order valence-electron chi connectivity index (χ4n) is 4.04. The van der Waals surface area contributed by atoms with Gasteiger partial charge in [-0.3, -0.25) is 0 Å². The maximum absolute atomic E-state index is 6.25. The van der Waals surface area contributed by atoms with Gasteiger partial charge in [0, 0.05) is 0 Å². The maximum atomic E-state index is 6.25. The Morgan fingerprint density at radius 3 is 2.44 bits per heavy atom. The van der Waals surface area contributed by atoms with Crippen molar-refractivity contribution in [3.63, 3.8) is 0 Å². The van der Waals surface area contributed by atoms with Crippen LogP contribution in [0.1, 0.15) is 22.3 Å². The molecule has 2 aliphatic rings. The van der Waals surface area contributed by atoms with E-state index in [0.717, 1.165) is 12.8 Å². The molecule has 0 atom stereocenters. The van der Waals surface area contributed by atoms with Gasteiger partial charge in [0.05, 0.1) is 0 Å². The van der Waals surface area contributed by atoms with E-state index in [1.807, 2.05) is 0 Å². The molecule has 0 N–H and O–H groups in total. The molecule has 134 valence electrons. The molecule has 5 rings (SSSR count). The molecule has 0 amide bonds. The Balaban J connectivity index is 0.00000105. The number of halogens is 3. The van der Waals surface area contributed by atoms with Crippen LogP contribution in [-0.2, 0) is 32.6 Å². The molecular weight excluding hydrogens is 538 g/mol. The minimum atomic E-state index is -2.33. The summed E-state index contributed by atoms with van der Waals surface area (Å²) >= 11 is 1.38. The zero-order chi connectivity index (χ0) is 17.0. The van der Waals surface area contributed by atoms with Crippen molar-refractivity contribution < 1.29 is 44.5 Å². The summed E-state index contributed by atoms with van der Waals surface area (Å²) in [6, 6.07) is 20.0. The summed E-state index contributed by atoms with van der Waals surface area (Å²) < 4.78 is 4.15. The van der Waals surface area contributed by atoms with Crippen molar-refractivity contribution in [3.8, 4) is 11.1 Å². The first-order valence-electron chi connectivity index (χ1n) is 8.47. The average molecular weight is 553 g/mol. The third kappa shape index (κ3) is 3.51. The molecule has 0 nitrogen and oxygen atoms in total. The molecule has 0 saturated heterocycles. The number of hydrogen-bond acceptors (Lipinski definition) is 1. The van der Waals surface area contributed by atoms with E-state index in [9.17, 15) is 0 Å². The third-order valence-corrected chi connectivity index (χ3v) is 13.2. The summed E-state index contributed by atoms with van der Waals surface area (Å²) in [4.78, 5) is 0. The monoisotopic (exact) mass is 550 g/mol. The molecule has 0 unspecified atom stereocenters. The second kappa shape index (κ2) is 8.51. The topological polar surface area (TPSA) is 0 Å². The molecule has 0 aliphatic heterocycles. The van der Waals surface area contributed by atoms with Gasteiger partial charge in [0.1, 0.15) is 0 Å². The second-order valence-electron chi connectivity index (χ2n) is 6.59. The first kappa shape index (κ1) is 21.3. The van der Waals surface area contributed by atoms with Crippen LogP contribution in [0.25, 0.3) is 17.2 Å². The van der Waals surface area contributed by atoms with Gasteiger partial charge in [0.15, 0.2) is 0 Å². The summed E-state index contributed by atoms with van der Waals surface area (Å²) in [7, 11) is 6.25. The Morgan fingerprint density at radius 1 is 0.815 bits per heavy atom. The van der Waals surface area contributed by atoms with Crippen molar-refractivity contribution in [1.82, 2.24) is 0 Å². The Morgan fingerprint density at radius 2 is 1.59 bits per heavy atom. The van der Waals surface area contributed by atoms with E-state index in [4.69, 9.17) is 8.86 Å². The van der Waals surface area contributed by atoms with E-state index < -0.39 is 19.7 Å². The minimum absolute atomic E-state index is 0. The molecule has 3 aromatic rings. The zero-order valence-corrected chi connectivity index (χ0v) is 20.7. The molecule has 27 heavy (non-hydrogen) atoms. The normalized spacial score (nSPS) is 12.1. The molecule has 0 aromatic heterocycles. The van der Waals surface area contributed by atoms with Crippen LogP contribution in [0.3, 0.4) is 0 Å². The van der Waals surface area contributed by atoms with Crippen molar-refractivity contribution >= 4 is 37.4 Å². The van der Waals surface area contributed by atoms with Crippen LogP contribution in [-0.4, -0.2) is 0 Å². The van der Waals surface area contributed by atoms with E-state index in [1.165, 1.54) is 44.4 Å². The van der Waals surface area contributed by atoms with Crippen molar-refractivity contribution in [3.05, 3.63) is 87.4 Å². The quantitative estimate of drug-likeness (QED) is 0.316. The van der Waals surface area contributed by atoms with E-state index in [2.05, 4.69) is 82.7 Å². The third-order valence-electron chi connectivity index (χ3n) is 5.25. The van der Waals surface area contributed by atoms with Gasteiger partial charge in [-0.25, -0.2) is 0 Å². The number of hydrogen-bond donors (Lipinski definition) is 0. The molecule has 3 aromatic carbocycles. The first-order chi connectivity index (χ1) is 12.2. The van der Waals surface area contributed by atoms with Gasteiger partial charge in [0.2, 0.25) is 0 Å². The van der Waals surface area contributed by atoms with Crippen molar-refractivity contribution in [1.29, 1.82) is 0 Å². The second-order valence-corrected chi connectivity index (χ2v) is 14.1. The Labute approximate surface area is 191 Å². The first-order valence-corrected chi connectivity index (χ1v) is 15.1. The van der Waals surface area contributed by atoms with Crippen molar-refractivity contribution in [2.75, 3.05) is 0 Å². The average Bonchev–Trinajstić information content (AvgIpc) is 3.26. The van der Waals surface area contributed by atoms with Crippen LogP contribution in [0, 0.1) is 0 Å². The summed E-state index contributed by atoms with van der Waals surface area (Å²) in [5, 5.41) is 0. The molecule has 0 radical (unpaired) electrons. The molecule has 2 aliphatic carbocycles. The van der Waals surface area contributed by atoms with Gasteiger partial charge < -0.3 is 24.8 Å². The van der Waals surface area contributed by atoms with Crippen LogP contribution < -0.4 is 31.4 Å². The summed E-state index contributed by atoms with van der Waals surface area (Å²) in [5.41, 5.74) is 8.54. The SMILES string of the molecule is [Cl-].[Cl-].[S]=[Zr+2]([c]1ccc(Br)c2c1C=CC2)[c]1cccc2c1Cc1ccccc1-2. The molecule has 5 heteroatoms. The van der Waals surface area contributed by atoms with E-state index >= 15 is 0 Å². The van der Waals surface area contributed by atoms with E-state index in [-0.39, 0.29) is 24.8 Å². The molecule has 0 fully saturated rings. The Hall–Kier alpha value is -0.437. The van der Waals surface area contributed by atoms with E-state index in [1.54, 1.807) is 0 Å². The molecule has 0 spiro atoms.